The normalized spacial score (nSPS) is 14.3. The number of phenols is 1. The van der Waals surface area contributed by atoms with Crippen LogP contribution in [0.5, 0.6) is 5.75 Å². The van der Waals surface area contributed by atoms with Crippen molar-refractivity contribution in [3.8, 4) is 5.75 Å². The van der Waals surface area contributed by atoms with Gasteiger partial charge in [0.2, 0.25) is 0 Å². The first-order valence-electron chi connectivity index (χ1n) is 6.38. The van der Waals surface area contributed by atoms with Gasteiger partial charge in [-0.05, 0) is 32.4 Å². The Kier molecular flexibility index (Phi) is 3.85. The summed E-state index contributed by atoms with van der Waals surface area (Å²) < 4.78 is 1.89. The lowest BCUT2D eigenvalue weighted by Gasteiger charge is -2.20. The SMILES string of the molecule is Cc1ccc(C(C)NC(C)c2nncn2C)c(O)c1. The molecule has 0 radical (unpaired) electrons. The molecule has 2 N–H and O–H groups in total. The van der Waals surface area contributed by atoms with E-state index in [9.17, 15) is 5.11 Å². The Labute approximate surface area is 113 Å². The number of aromatic hydroxyl groups is 1. The van der Waals surface area contributed by atoms with E-state index in [0.29, 0.717) is 5.75 Å². The number of hydrogen-bond donors (Lipinski definition) is 2. The molecule has 0 saturated carbocycles. The molecule has 0 saturated heterocycles. The van der Waals surface area contributed by atoms with Crippen LogP contribution in [0.15, 0.2) is 24.5 Å². The number of aryl methyl sites for hydroxylation is 2. The highest BCUT2D eigenvalue weighted by molar-refractivity contribution is 5.37. The molecule has 5 heteroatoms. The first-order chi connectivity index (χ1) is 8.99. The van der Waals surface area contributed by atoms with E-state index >= 15 is 0 Å². The standard InChI is InChI=1S/C14H20N4O/c1-9-5-6-12(13(19)7-9)10(2)16-11(3)14-17-15-8-18(14)4/h5-8,10-11,16,19H,1-4H3. The summed E-state index contributed by atoms with van der Waals surface area (Å²) in [5.74, 6) is 1.20. The van der Waals surface area contributed by atoms with Crippen molar-refractivity contribution < 1.29 is 5.11 Å². The monoisotopic (exact) mass is 260 g/mol. The number of rotatable bonds is 4. The lowest BCUT2D eigenvalue weighted by molar-refractivity contribution is 0.429. The average molecular weight is 260 g/mol. The van der Waals surface area contributed by atoms with Crippen molar-refractivity contribution in [3.05, 3.63) is 41.5 Å². The van der Waals surface area contributed by atoms with Crippen molar-refractivity contribution in [1.29, 1.82) is 0 Å². The van der Waals surface area contributed by atoms with Gasteiger partial charge in [0, 0.05) is 18.7 Å². The van der Waals surface area contributed by atoms with E-state index in [-0.39, 0.29) is 12.1 Å². The molecular weight excluding hydrogens is 240 g/mol. The minimum Gasteiger partial charge on any atom is -0.508 e. The minimum absolute atomic E-state index is 0.0345. The zero-order valence-corrected chi connectivity index (χ0v) is 11.8. The summed E-state index contributed by atoms with van der Waals surface area (Å²) in [6.07, 6.45) is 1.68. The van der Waals surface area contributed by atoms with Crippen molar-refractivity contribution >= 4 is 0 Å². The second-order valence-electron chi connectivity index (χ2n) is 4.97. The fourth-order valence-corrected chi connectivity index (χ4v) is 2.24. The summed E-state index contributed by atoms with van der Waals surface area (Å²) in [7, 11) is 1.92. The molecule has 0 aliphatic heterocycles. The number of benzene rings is 1. The highest BCUT2D eigenvalue weighted by Gasteiger charge is 2.17. The molecule has 19 heavy (non-hydrogen) atoms. The number of phenolic OH excluding ortho intramolecular Hbond substituents is 1. The number of nitrogens with zero attached hydrogens (tertiary/aromatic N) is 3. The molecule has 2 rings (SSSR count). The van der Waals surface area contributed by atoms with Crippen molar-refractivity contribution in [2.75, 3.05) is 0 Å². The molecule has 102 valence electrons. The van der Waals surface area contributed by atoms with E-state index in [4.69, 9.17) is 0 Å². The van der Waals surface area contributed by atoms with Gasteiger partial charge in [-0.25, -0.2) is 0 Å². The molecule has 2 unspecified atom stereocenters. The van der Waals surface area contributed by atoms with Crippen LogP contribution in [0, 0.1) is 6.92 Å². The predicted octanol–water partition coefficient (Wildman–Crippen LogP) is 2.24. The predicted molar refractivity (Wildman–Crippen MR) is 73.8 cm³/mol. The topological polar surface area (TPSA) is 63.0 Å². The first kappa shape index (κ1) is 13.5. The molecule has 2 aromatic rings. The quantitative estimate of drug-likeness (QED) is 0.885. The van der Waals surface area contributed by atoms with Crippen LogP contribution >= 0.6 is 0 Å². The van der Waals surface area contributed by atoms with Crippen LogP contribution in [0.3, 0.4) is 0 Å². The van der Waals surface area contributed by atoms with Crippen molar-refractivity contribution in [3.63, 3.8) is 0 Å². The van der Waals surface area contributed by atoms with E-state index < -0.39 is 0 Å². The van der Waals surface area contributed by atoms with E-state index in [2.05, 4.69) is 15.5 Å². The maximum Gasteiger partial charge on any atom is 0.149 e. The molecule has 5 nitrogen and oxygen atoms in total. The Morgan fingerprint density at radius 1 is 1.26 bits per heavy atom. The van der Waals surface area contributed by atoms with Gasteiger partial charge < -0.3 is 15.0 Å². The molecule has 0 aliphatic carbocycles. The summed E-state index contributed by atoms with van der Waals surface area (Å²) in [4.78, 5) is 0. The molecule has 1 heterocycles. The first-order valence-corrected chi connectivity index (χ1v) is 6.38. The maximum absolute atomic E-state index is 9.99. The van der Waals surface area contributed by atoms with Crippen LogP contribution < -0.4 is 5.32 Å². The van der Waals surface area contributed by atoms with E-state index in [1.54, 1.807) is 12.4 Å². The van der Waals surface area contributed by atoms with Crippen LogP contribution in [-0.4, -0.2) is 19.9 Å². The van der Waals surface area contributed by atoms with Gasteiger partial charge in [0.15, 0.2) is 0 Å². The summed E-state index contributed by atoms with van der Waals surface area (Å²) in [6.45, 7) is 6.02. The maximum atomic E-state index is 9.99. The van der Waals surface area contributed by atoms with Gasteiger partial charge in [-0.15, -0.1) is 10.2 Å². The Bertz CT molecular complexity index is 564. The van der Waals surface area contributed by atoms with Gasteiger partial charge in [0.1, 0.15) is 17.9 Å². The number of hydrogen-bond acceptors (Lipinski definition) is 4. The molecule has 0 amide bonds. The fourth-order valence-electron chi connectivity index (χ4n) is 2.24. The molecule has 0 bridgehead atoms. The van der Waals surface area contributed by atoms with E-state index in [0.717, 1.165) is 17.0 Å². The highest BCUT2D eigenvalue weighted by atomic mass is 16.3. The molecule has 1 aromatic carbocycles. The van der Waals surface area contributed by atoms with Gasteiger partial charge in [0.05, 0.1) is 6.04 Å². The third kappa shape index (κ3) is 2.93. The van der Waals surface area contributed by atoms with Crippen molar-refractivity contribution in [1.82, 2.24) is 20.1 Å². The van der Waals surface area contributed by atoms with Crippen molar-refractivity contribution in [2.24, 2.45) is 7.05 Å². The minimum atomic E-state index is 0.0345. The molecule has 2 atom stereocenters. The smallest absolute Gasteiger partial charge is 0.149 e. The van der Waals surface area contributed by atoms with Gasteiger partial charge >= 0.3 is 0 Å². The summed E-state index contributed by atoms with van der Waals surface area (Å²) in [5, 5.41) is 21.4. The molecular formula is C14H20N4O. The molecule has 0 spiro atoms. The Balaban J connectivity index is 2.13. The van der Waals surface area contributed by atoms with Crippen LogP contribution in [0.25, 0.3) is 0 Å². The lowest BCUT2D eigenvalue weighted by atomic mass is 10.0. The van der Waals surface area contributed by atoms with E-state index in [1.165, 1.54) is 0 Å². The average Bonchev–Trinajstić information content (AvgIpc) is 2.75. The van der Waals surface area contributed by atoms with Crippen LogP contribution in [0.1, 0.15) is 42.9 Å². The molecule has 0 aliphatic rings. The summed E-state index contributed by atoms with van der Waals surface area (Å²) >= 11 is 0. The number of aromatic nitrogens is 3. The van der Waals surface area contributed by atoms with E-state index in [1.807, 2.05) is 44.5 Å². The van der Waals surface area contributed by atoms with Crippen LogP contribution in [-0.2, 0) is 7.05 Å². The van der Waals surface area contributed by atoms with Crippen LogP contribution in [0.2, 0.25) is 0 Å². The lowest BCUT2D eigenvalue weighted by Crippen LogP contribution is -2.24. The zero-order chi connectivity index (χ0) is 14.0. The van der Waals surface area contributed by atoms with Gasteiger partial charge in [-0.3, -0.25) is 0 Å². The van der Waals surface area contributed by atoms with Gasteiger partial charge in [-0.2, -0.15) is 0 Å². The zero-order valence-electron chi connectivity index (χ0n) is 11.8. The van der Waals surface area contributed by atoms with Crippen molar-refractivity contribution in [2.45, 2.75) is 32.9 Å². The number of nitrogens with one attached hydrogen (secondary N) is 1. The van der Waals surface area contributed by atoms with Gasteiger partial charge in [0.25, 0.3) is 0 Å². The summed E-state index contributed by atoms with van der Waals surface area (Å²) in [6, 6.07) is 5.82. The fraction of sp³-hybridized carbons (Fsp3) is 0.429. The highest BCUT2D eigenvalue weighted by Crippen LogP contribution is 2.26. The third-order valence-corrected chi connectivity index (χ3v) is 3.29. The Morgan fingerprint density at radius 2 is 2.00 bits per heavy atom. The summed E-state index contributed by atoms with van der Waals surface area (Å²) in [5.41, 5.74) is 1.94. The second kappa shape index (κ2) is 5.40. The third-order valence-electron chi connectivity index (χ3n) is 3.29. The largest absolute Gasteiger partial charge is 0.508 e. The molecule has 1 aromatic heterocycles. The Morgan fingerprint density at radius 3 is 2.58 bits per heavy atom. The Hall–Kier alpha value is -1.88. The van der Waals surface area contributed by atoms with Crippen LogP contribution in [0.4, 0.5) is 0 Å². The van der Waals surface area contributed by atoms with Gasteiger partial charge in [-0.1, -0.05) is 12.1 Å². The molecule has 0 fully saturated rings. The second-order valence-corrected chi connectivity index (χ2v) is 4.97.